The van der Waals surface area contributed by atoms with E-state index in [-0.39, 0.29) is 5.60 Å². The summed E-state index contributed by atoms with van der Waals surface area (Å²) < 4.78 is 16.4. The van der Waals surface area contributed by atoms with Gasteiger partial charge < -0.3 is 24.8 Å². The number of hydrogen-bond acceptors (Lipinski definition) is 4. The van der Waals surface area contributed by atoms with Crippen molar-refractivity contribution >= 4 is 5.96 Å². The summed E-state index contributed by atoms with van der Waals surface area (Å²) in [5.41, 5.74) is 0.995. The third-order valence-corrected chi connectivity index (χ3v) is 4.06. The number of methoxy groups -OCH3 is 2. The molecule has 0 radical (unpaired) electrons. The van der Waals surface area contributed by atoms with Crippen molar-refractivity contribution in [1.29, 1.82) is 0 Å². The molecule has 1 unspecified atom stereocenters. The van der Waals surface area contributed by atoms with Crippen LogP contribution in [0, 0.1) is 0 Å². The highest BCUT2D eigenvalue weighted by Gasteiger charge is 2.29. The fraction of sp³-hybridized carbons (Fsp3) is 0.588. The molecule has 1 fully saturated rings. The van der Waals surface area contributed by atoms with Crippen molar-refractivity contribution in [3.8, 4) is 11.5 Å². The van der Waals surface area contributed by atoms with Crippen LogP contribution in [0.2, 0.25) is 0 Å². The Morgan fingerprint density at radius 1 is 1.26 bits per heavy atom. The fourth-order valence-electron chi connectivity index (χ4n) is 2.64. The lowest BCUT2D eigenvalue weighted by atomic mass is 10.0. The van der Waals surface area contributed by atoms with Crippen LogP contribution in [0.25, 0.3) is 0 Å². The largest absolute Gasteiger partial charge is 0.493 e. The lowest BCUT2D eigenvalue weighted by Gasteiger charge is -2.24. The van der Waals surface area contributed by atoms with Crippen molar-refractivity contribution in [2.24, 2.45) is 4.99 Å². The van der Waals surface area contributed by atoms with Crippen molar-refractivity contribution in [3.05, 3.63) is 23.8 Å². The smallest absolute Gasteiger partial charge is 0.191 e. The van der Waals surface area contributed by atoms with Crippen LogP contribution in [0.3, 0.4) is 0 Å². The molecule has 2 N–H and O–H groups in total. The fourth-order valence-corrected chi connectivity index (χ4v) is 2.64. The van der Waals surface area contributed by atoms with Crippen LogP contribution in [0.5, 0.6) is 11.5 Å². The Labute approximate surface area is 138 Å². The minimum atomic E-state index is -0.0963. The van der Waals surface area contributed by atoms with Gasteiger partial charge in [-0.1, -0.05) is 6.07 Å². The molecule has 1 atom stereocenters. The summed E-state index contributed by atoms with van der Waals surface area (Å²) in [5.74, 6) is 2.21. The molecule has 0 aliphatic carbocycles. The minimum Gasteiger partial charge on any atom is -0.493 e. The number of nitrogens with zero attached hydrogens (tertiary/aromatic N) is 1. The molecular formula is C17H27N3O3. The molecule has 2 rings (SSSR count). The van der Waals surface area contributed by atoms with Crippen LogP contribution in [0.15, 0.2) is 23.2 Å². The molecule has 0 spiro atoms. The van der Waals surface area contributed by atoms with Gasteiger partial charge in [0, 0.05) is 26.7 Å². The molecule has 1 aliphatic rings. The summed E-state index contributed by atoms with van der Waals surface area (Å²) in [6.45, 7) is 4.38. The molecule has 1 aliphatic heterocycles. The zero-order valence-electron chi connectivity index (χ0n) is 14.4. The van der Waals surface area contributed by atoms with Crippen molar-refractivity contribution in [1.82, 2.24) is 10.6 Å². The molecule has 1 aromatic rings. The molecule has 6 nitrogen and oxygen atoms in total. The van der Waals surface area contributed by atoms with E-state index in [4.69, 9.17) is 14.2 Å². The highest BCUT2D eigenvalue weighted by molar-refractivity contribution is 5.79. The topological polar surface area (TPSA) is 64.1 Å². The van der Waals surface area contributed by atoms with Gasteiger partial charge in [0.15, 0.2) is 17.5 Å². The second-order valence-electron chi connectivity index (χ2n) is 5.87. The van der Waals surface area contributed by atoms with Crippen LogP contribution in [-0.2, 0) is 11.3 Å². The Hall–Kier alpha value is -1.95. The lowest BCUT2D eigenvalue weighted by molar-refractivity contribution is 0.0243. The number of nitrogens with one attached hydrogen (secondary N) is 2. The third kappa shape index (κ3) is 4.76. The van der Waals surface area contributed by atoms with Crippen LogP contribution in [-0.4, -0.2) is 46.0 Å². The summed E-state index contributed by atoms with van der Waals surface area (Å²) in [6, 6.07) is 5.86. The molecule has 1 saturated heterocycles. The van der Waals surface area contributed by atoms with Gasteiger partial charge in [-0.2, -0.15) is 0 Å². The molecule has 0 aromatic heterocycles. The molecular weight excluding hydrogens is 294 g/mol. The second-order valence-corrected chi connectivity index (χ2v) is 5.87. The lowest BCUT2D eigenvalue weighted by Crippen LogP contribution is -2.45. The zero-order chi connectivity index (χ0) is 16.7. The van der Waals surface area contributed by atoms with Crippen LogP contribution < -0.4 is 20.1 Å². The van der Waals surface area contributed by atoms with E-state index < -0.39 is 0 Å². The van der Waals surface area contributed by atoms with E-state index in [2.05, 4.69) is 22.5 Å². The van der Waals surface area contributed by atoms with E-state index in [0.29, 0.717) is 6.54 Å². The molecule has 23 heavy (non-hydrogen) atoms. The number of ether oxygens (including phenoxy) is 3. The normalized spacial score (nSPS) is 21.1. The number of hydrogen-bond donors (Lipinski definition) is 2. The van der Waals surface area contributed by atoms with E-state index in [1.54, 1.807) is 21.3 Å². The summed E-state index contributed by atoms with van der Waals surface area (Å²) in [5, 5.41) is 6.63. The van der Waals surface area contributed by atoms with Crippen molar-refractivity contribution in [2.45, 2.75) is 31.9 Å². The molecule has 1 aromatic carbocycles. The first-order valence-corrected chi connectivity index (χ1v) is 7.89. The van der Waals surface area contributed by atoms with Gasteiger partial charge in [-0.15, -0.1) is 0 Å². The van der Waals surface area contributed by atoms with Gasteiger partial charge in [0.2, 0.25) is 0 Å². The van der Waals surface area contributed by atoms with Gasteiger partial charge >= 0.3 is 0 Å². The third-order valence-electron chi connectivity index (χ3n) is 4.06. The standard InChI is InChI=1S/C17H27N3O3/c1-17(8-5-9-23-17)12-20-16(18-2)19-11-13-6-7-14(21-3)15(10-13)22-4/h6-7,10H,5,8-9,11-12H2,1-4H3,(H2,18,19,20). The predicted molar refractivity (Wildman–Crippen MR) is 91.3 cm³/mol. The molecule has 0 saturated carbocycles. The van der Waals surface area contributed by atoms with Gasteiger partial charge in [0.05, 0.1) is 19.8 Å². The molecule has 6 heteroatoms. The minimum absolute atomic E-state index is 0.0963. The van der Waals surface area contributed by atoms with Gasteiger partial charge in [0.25, 0.3) is 0 Å². The summed E-state index contributed by atoms with van der Waals surface area (Å²) >= 11 is 0. The number of aliphatic imine (C=N–C) groups is 1. The maximum Gasteiger partial charge on any atom is 0.191 e. The summed E-state index contributed by atoms with van der Waals surface area (Å²) in [6.07, 6.45) is 2.20. The van der Waals surface area contributed by atoms with Crippen molar-refractivity contribution in [2.75, 3.05) is 34.4 Å². The van der Waals surface area contributed by atoms with Gasteiger partial charge in [-0.25, -0.2) is 0 Å². The monoisotopic (exact) mass is 321 g/mol. The molecule has 0 amide bonds. The van der Waals surface area contributed by atoms with E-state index in [0.717, 1.165) is 49.0 Å². The van der Waals surface area contributed by atoms with Crippen LogP contribution >= 0.6 is 0 Å². The second kappa shape index (κ2) is 8.06. The van der Waals surface area contributed by atoms with Crippen molar-refractivity contribution < 1.29 is 14.2 Å². The maximum absolute atomic E-state index is 5.78. The quantitative estimate of drug-likeness (QED) is 0.619. The SMILES string of the molecule is CN=C(NCc1ccc(OC)c(OC)c1)NCC1(C)CCCO1. The summed E-state index contributed by atoms with van der Waals surface area (Å²) in [4.78, 5) is 4.25. The van der Waals surface area contributed by atoms with Gasteiger partial charge in [-0.05, 0) is 37.5 Å². The predicted octanol–water partition coefficient (Wildman–Crippen LogP) is 1.94. The zero-order valence-corrected chi connectivity index (χ0v) is 14.4. The Bertz CT molecular complexity index is 540. The number of guanidine groups is 1. The van der Waals surface area contributed by atoms with Gasteiger partial charge in [-0.3, -0.25) is 4.99 Å². The first kappa shape index (κ1) is 17.4. The van der Waals surface area contributed by atoms with E-state index >= 15 is 0 Å². The van der Waals surface area contributed by atoms with E-state index in [9.17, 15) is 0 Å². The first-order valence-electron chi connectivity index (χ1n) is 7.89. The van der Waals surface area contributed by atoms with E-state index in [1.807, 2.05) is 18.2 Å². The van der Waals surface area contributed by atoms with Crippen LogP contribution in [0.4, 0.5) is 0 Å². The average molecular weight is 321 g/mol. The Morgan fingerprint density at radius 3 is 2.65 bits per heavy atom. The summed E-state index contributed by atoms with van der Waals surface area (Å²) in [7, 11) is 5.03. The highest BCUT2D eigenvalue weighted by atomic mass is 16.5. The Kier molecular flexibility index (Phi) is 6.10. The molecule has 0 bridgehead atoms. The Balaban J connectivity index is 1.88. The van der Waals surface area contributed by atoms with Gasteiger partial charge in [0.1, 0.15) is 0 Å². The van der Waals surface area contributed by atoms with E-state index in [1.165, 1.54) is 0 Å². The number of benzene rings is 1. The van der Waals surface area contributed by atoms with Crippen LogP contribution in [0.1, 0.15) is 25.3 Å². The first-order chi connectivity index (χ1) is 11.1. The maximum atomic E-state index is 5.78. The highest BCUT2D eigenvalue weighted by Crippen LogP contribution is 2.27. The van der Waals surface area contributed by atoms with Crippen molar-refractivity contribution in [3.63, 3.8) is 0 Å². The number of rotatable bonds is 6. The average Bonchev–Trinajstić information content (AvgIpc) is 3.01. The molecule has 1 heterocycles. The Morgan fingerprint density at radius 2 is 2.04 bits per heavy atom. The molecule has 128 valence electrons.